The Kier molecular flexibility index (Phi) is 12.3. The van der Waals surface area contributed by atoms with Gasteiger partial charge in [0, 0.05) is 0 Å². The van der Waals surface area contributed by atoms with Crippen LogP contribution in [0.2, 0.25) is 13.3 Å². The van der Waals surface area contributed by atoms with Crippen LogP contribution in [0.25, 0.3) is 11.0 Å². The van der Waals surface area contributed by atoms with Crippen molar-refractivity contribution in [1.29, 1.82) is 0 Å². The summed E-state index contributed by atoms with van der Waals surface area (Å²) < 4.78 is 7.64. The van der Waals surface area contributed by atoms with E-state index in [2.05, 4.69) is 176 Å². The molecule has 2 heterocycles. The van der Waals surface area contributed by atoms with Crippen molar-refractivity contribution in [3.05, 3.63) is 162 Å². The predicted molar refractivity (Wildman–Crippen MR) is 224 cm³/mol. The summed E-state index contributed by atoms with van der Waals surface area (Å²) in [6.07, 6.45) is 7.91. The first kappa shape index (κ1) is 37.0. The monoisotopic (exact) mass is 813 g/mol. The van der Waals surface area contributed by atoms with Crippen molar-refractivity contribution in [2.75, 3.05) is 0 Å². The van der Waals surface area contributed by atoms with E-state index >= 15 is 0 Å². The summed E-state index contributed by atoms with van der Waals surface area (Å²) in [5, 5.41) is 1.10. The van der Waals surface area contributed by atoms with Gasteiger partial charge in [0.15, 0.2) is 0 Å². The molecule has 0 aliphatic carbocycles. The molecule has 0 spiro atoms. The zero-order valence-corrected chi connectivity index (χ0v) is 35.0. The van der Waals surface area contributed by atoms with Crippen LogP contribution in [-0.4, -0.2) is 42.9 Å². The van der Waals surface area contributed by atoms with Gasteiger partial charge in [-0.15, -0.1) is 0 Å². The molecule has 1 aliphatic rings. The molecule has 5 heteroatoms. The molecule has 3 atom stereocenters. The maximum absolute atomic E-state index is 5.31. The predicted octanol–water partition coefficient (Wildman–Crippen LogP) is 12.6. The molecule has 3 nitrogen and oxygen atoms in total. The summed E-state index contributed by atoms with van der Waals surface area (Å²) in [5.74, 6) is 0. The number of hydrogen-bond acceptors (Lipinski definition) is 3. The zero-order valence-electron chi connectivity index (χ0n) is 31.3. The van der Waals surface area contributed by atoms with Crippen LogP contribution in [0.3, 0.4) is 0 Å². The van der Waals surface area contributed by atoms with Crippen LogP contribution < -0.4 is 0 Å². The molecule has 1 unspecified atom stereocenters. The molecule has 0 bridgehead atoms. The summed E-state index contributed by atoms with van der Waals surface area (Å²) >= 11 is -1.12. The Morgan fingerprint density at radius 3 is 1.50 bits per heavy atom. The van der Waals surface area contributed by atoms with Crippen LogP contribution in [0.4, 0.5) is 0 Å². The topological polar surface area (TPSA) is 20.8 Å². The minimum absolute atomic E-state index is 0.398. The van der Waals surface area contributed by atoms with Crippen LogP contribution in [0.15, 0.2) is 156 Å². The standard InChI is InChI=1S/C35H28N3S.3C4H9.Sn/c1-5-15-27(16-6-1)35(28-17-7-2-8-18-28,29-19-9-3-10-20-29)38-26-30(38)25-37-33-24-14-13-23-32(33)36-34(37)39-31-21-11-4-12-22-31;3*1-3-4-2;/h1-24,26,30H,25H2;3*1,3-4H2,2H3;/t30-,38?;;;;/m0..../s1. The van der Waals surface area contributed by atoms with Crippen molar-refractivity contribution in [3.8, 4) is 0 Å². The SMILES string of the molecule is CCC[CH2][Sn]([CH2]CCC)([CH2]CCC)[C@@H]1[C@H](Cn2c(Sc3ccccc3)nc3ccccc32)N1C(c1ccccc1)(c1ccccc1)c1ccccc1. The summed E-state index contributed by atoms with van der Waals surface area (Å²) in [4.78, 5) is 9.62. The molecule has 1 saturated heterocycles. The van der Waals surface area contributed by atoms with E-state index in [4.69, 9.17) is 4.98 Å². The quantitative estimate of drug-likeness (QED) is 0.0490. The Bertz CT molecular complexity index is 1860. The van der Waals surface area contributed by atoms with Gasteiger partial charge >= 0.3 is 323 Å². The average Bonchev–Trinajstić information content (AvgIpc) is 3.82. The van der Waals surface area contributed by atoms with Gasteiger partial charge in [-0.3, -0.25) is 0 Å². The van der Waals surface area contributed by atoms with E-state index < -0.39 is 23.9 Å². The number of unbranched alkanes of at least 4 members (excludes halogenated alkanes) is 3. The van der Waals surface area contributed by atoms with Crippen LogP contribution >= 0.6 is 11.8 Å². The molecule has 52 heavy (non-hydrogen) atoms. The Labute approximate surface area is 320 Å². The first-order valence-corrected chi connectivity index (χ1v) is 28.3. The van der Waals surface area contributed by atoms with Gasteiger partial charge in [0.1, 0.15) is 0 Å². The van der Waals surface area contributed by atoms with Crippen molar-refractivity contribution in [3.63, 3.8) is 0 Å². The summed E-state index contributed by atoms with van der Waals surface area (Å²) in [6.45, 7) is 8.17. The van der Waals surface area contributed by atoms with Crippen molar-refractivity contribution in [2.24, 2.45) is 0 Å². The van der Waals surface area contributed by atoms with Crippen molar-refractivity contribution < 1.29 is 0 Å². The third-order valence-electron chi connectivity index (χ3n) is 11.5. The fourth-order valence-electron chi connectivity index (χ4n) is 9.11. The van der Waals surface area contributed by atoms with E-state index in [0.29, 0.717) is 10.1 Å². The molecule has 0 N–H and O–H groups in total. The summed E-state index contributed by atoms with van der Waals surface area (Å²) in [6, 6.07) is 54.5. The second-order valence-electron chi connectivity index (χ2n) is 14.8. The van der Waals surface area contributed by atoms with Crippen molar-refractivity contribution >= 4 is 41.2 Å². The summed E-state index contributed by atoms with van der Waals surface area (Å²) in [5.41, 5.74) is 6.04. The van der Waals surface area contributed by atoms with Crippen LogP contribution in [-0.2, 0) is 12.1 Å². The fourth-order valence-corrected chi connectivity index (χ4v) is 29.4. The molecule has 1 aliphatic heterocycles. The second-order valence-corrected chi connectivity index (χ2v) is 29.6. The molecule has 0 amide bonds. The van der Waals surface area contributed by atoms with Crippen molar-refractivity contribution in [2.45, 2.75) is 105 Å². The molecule has 268 valence electrons. The van der Waals surface area contributed by atoms with Crippen molar-refractivity contribution in [1.82, 2.24) is 14.5 Å². The first-order valence-electron chi connectivity index (χ1n) is 19.8. The minimum atomic E-state index is -2.93. The number of nitrogens with zero attached hydrogens (tertiary/aromatic N) is 3. The first-order chi connectivity index (χ1) is 25.7. The average molecular weight is 813 g/mol. The third kappa shape index (κ3) is 7.41. The number of hydrogen-bond donors (Lipinski definition) is 0. The molecule has 7 rings (SSSR count). The Balaban J connectivity index is 1.47. The molecular weight excluding hydrogens is 757 g/mol. The molecule has 1 fully saturated rings. The van der Waals surface area contributed by atoms with E-state index in [9.17, 15) is 0 Å². The molecule has 6 aromatic rings. The Hall–Kier alpha value is -3.32. The van der Waals surface area contributed by atoms with E-state index in [0.717, 1.165) is 17.2 Å². The number of para-hydroxylation sites is 2. The van der Waals surface area contributed by atoms with E-state index in [1.807, 2.05) is 11.8 Å². The molecular formula is C47H55N3SSn. The number of benzene rings is 5. The maximum atomic E-state index is 5.31. The number of rotatable bonds is 18. The summed E-state index contributed by atoms with van der Waals surface area (Å²) in [7, 11) is 0. The Morgan fingerprint density at radius 2 is 1.02 bits per heavy atom. The van der Waals surface area contributed by atoms with Gasteiger partial charge < -0.3 is 0 Å². The number of imidazole rings is 1. The van der Waals surface area contributed by atoms with Crippen LogP contribution in [0, 0.1) is 0 Å². The second kappa shape index (κ2) is 17.2. The van der Waals surface area contributed by atoms with Crippen LogP contribution in [0.5, 0.6) is 0 Å². The van der Waals surface area contributed by atoms with Gasteiger partial charge in [0.25, 0.3) is 0 Å². The van der Waals surface area contributed by atoms with Gasteiger partial charge in [-0.1, -0.05) is 0 Å². The fraction of sp³-hybridized carbons (Fsp3) is 0.340. The van der Waals surface area contributed by atoms with Gasteiger partial charge in [-0.05, 0) is 0 Å². The normalized spacial score (nSPS) is 17.4. The molecule has 0 saturated carbocycles. The van der Waals surface area contributed by atoms with Crippen LogP contribution in [0.1, 0.15) is 76.0 Å². The van der Waals surface area contributed by atoms with Gasteiger partial charge in [-0.25, -0.2) is 0 Å². The molecule has 5 aromatic carbocycles. The van der Waals surface area contributed by atoms with E-state index in [1.54, 1.807) is 0 Å². The Morgan fingerprint density at radius 1 is 0.577 bits per heavy atom. The van der Waals surface area contributed by atoms with Gasteiger partial charge in [0.2, 0.25) is 0 Å². The number of aromatic nitrogens is 2. The van der Waals surface area contributed by atoms with E-state index in [1.165, 1.54) is 78.9 Å². The third-order valence-corrected chi connectivity index (χ3v) is 29.6. The molecule has 1 aromatic heterocycles. The van der Waals surface area contributed by atoms with Gasteiger partial charge in [0.05, 0.1) is 0 Å². The number of fused-ring (bicyclic) bond motifs is 1. The van der Waals surface area contributed by atoms with Gasteiger partial charge in [-0.2, -0.15) is 0 Å². The van der Waals surface area contributed by atoms with E-state index in [-0.39, 0.29) is 0 Å². The molecule has 0 radical (unpaired) electrons. The zero-order chi connectivity index (χ0) is 35.8.